The van der Waals surface area contributed by atoms with Gasteiger partial charge in [-0.1, -0.05) is 12.1 Å². The summed E-state index contributed by atoms with van der Waals surface area (Å²) < 4.78 is 45.3. The number of aromatic nitrogens is 2. The summed E-state index contributed by atoms with van der Waals surface area (Å²) in [7, 11) is -4.09. The number of hydrogen-bond donors (Lipinski definition) is 2. The summed E-state index contributed by atoms with van der Waals surface area (Å²) in [5.74, 6) is -0.555. The lowest BCUT2D eigenvalue weighted by molar-refractivity contribution is 0.461. The number of nitrogens with zero attached hydrogens (tertiary/aromatic N) is 1. The van der Waals surface area contributed by atoms with Gasteiger partial charge >= 0.3 is 0 Å². The van der Waals surface area contributed by atoms with Crippen LogP contribution in [-0.4, -0.2) is 18.6 Å². The van der Waals surface area contributed by atoms with Gasteiger partial charge in [0, 0.05) is 6.07 Å². The first kappa shape index (κ1) is 15.0. The first-order valence-electron chi connectivity index (χ1n) is 6.39. The highest BCUT2D eigenvalue weighted by atomic mass is 32.2. The van der Waals surface area contributed by atoms with Gasteiger partial charge < -0.3 is 4.42 Å². The second-order valence-electron chi connectivity index (χ2n) is 4.51. The summed E-state index contributed by atoms with van der Waals surface area (Å²) in [6.45, 7) is 0. The van der Waals surface area contributed by atoms with Gasteiger partial charge in [-0.25, -0.2) is 9.49 Å². The zero-order chi connectivity index (χ0) is 16.4. The molecule has 2 N–H and O–H groups in total. The minimum atomic E-state index is -4.09. The molecule has 23 heavy (non-hydrogen) atoms. The highest BCUT2D eigenvalue weighted by Gasteiger charge is 2.21. The SMILES string of the molecule is O=c1ccc(-c2ccc(S(=O)(=O)Nc3ccccc3F)o2)n[nH]1. The van der Waals surface area contributed by atoms with Crippen molar-refractivity contribution >= 4 is 15.7 Å². The van der Waals surface area contributed by atoms with Crippen molar-refractivity contribution < 1.29 is 17.2 Å². The van der Waals surface area contributed by atoms with Gasteiger partial charge in [-0.2, -0.15) is 13.5 Å². The van der Waals surface area contributed by atoms with E-state index >= 15 is 0 Å². The summed E-state index contributed by atoms with van der Waals surface area (Å²) >= 11 is 0. The van der Waals surface area contributed by atoms with Crippen LogP contribution < -0.4 is 10.3 Å². The molecule has 9 heteroatoms. The first-order valence-corrected chi connectivity index (χ1v) is 7.87. The van der Waals surface area contributed by atoms with Crippen molar-refractivity contribution in [1.82, 2.24) is 10.2 Å². The fourth-order valence-electron chi connectivity index (χ4n) is 1.82. The van der Waals surface area contributed by atoms with E-state index < -0.39 is 26.5 Å². The Hall–Kier alpha value is -2.94. The molecule has 3 aromatic rings. The summed E-state index contributed by atoms with van der Waals surface area (Å²) in [6.07, 6.45) is 0. The number of nitrogens with one attached hydrogen (secondary N) is 2. The number of benzene rings is 1. The number of para-hydroxylation sites is 1. The Morgan fingerprint density at radius 3 is 2.57 bits per heavy atom. The number of anilines is 1. The molecule has 0 aliphatic heterocycles. The second-order valence-corrected chi connectivity index (χ2v) is 6.12. The lowest BCUT2D eigenvalue weighted by Crippen LogP contribution is -2.13. The van der Waals surface area contributed by atoms with Crippen LogP contribution in [0.1, 0.15) is 0 Å². The Morgan fingerprint density at radius 2 is 1.87 bits per heavy atom. The maximum Gasteiger partial charge on any atom is 0.295 e. The quantitative estimate of drug-likeness (QED) is 0.758. The molecule has 7 nitrogen and oxygen atoms in total. The molecule has 0 saturated heterocycles. The fourth-order valence-corrected chi connectivity index (χ4v) is 2.83. The molecule has 3 rings (SSSR count). The normalized spacial score (nSPS) is 11.3. The van der Waals surface area contributed by atoms with Crippen LogP contribution in [0.4, 0.5) is 10.1 Å². The molecule has 0 fully saturated rings. The van der Waals surface area contributed by atoms with Gasteiger partial charge in [0.15, 0.2) is 5.76 Å². The van der Waals surface area contributed by atoms with Crippen LogP contribution in [0.15, 0.2) is 62.8 Å². The van der Waals surface area contributed by atoms with E-state index in [1.807, 2.05) is 0 Å². The summed E-state index contributed by atoms with van der Waals surface area (Å²) in [6, 6.07) is 10.6. The molecule has 0 amide bonds. The predicted octanol–water partition coefficient (Wildman–Crippen LogP) is 1.97. The average molecular weight is 335 g/mol. The molecule has 118 valence electrons. The fraction of sp³-hybridized carbons (Fsp3) is 0. The van der Waals surface area contributed by atoms with Gasteiger partial charge in [-0.05, 0) is 30.3 Å². The minimum absolute atomic E-state index is 0.148. The first-order chi connectivity index (χ1) is 11.0. The molecule has 0 atom stereocenters. The summed E-state index contributed by atoms with van der Waals surface area (Å²) in [5, 5.41) is 5.55. The molecule has 0 aliphatic rings. The molecule has 0 saturated carbocycles. The van der Waals surface area contributed by atoms with E-state index in [-0.39, 0.29) is 17.1 Å². The van der Waals surface area contributed by atoms with Crippen LogP contribution in [0.5, 0.6) is 0 Å². The maximum absolute atomic E-state index is 13.5. The zero-order valence-electron chi connectivity index (χ0n) is 11.5. The van der Waals surface area contributed by atoms with Crippen LogP contribution in [0.25, 0.3) is 11.5 Å². The number of halogens is 1. The number of H-pyrrole nitrogens is 1. The predicted molar refractivity (Wildman–Crippen MR) is 79.8 cm³/mol. The monoisotopic (exact) mass is 335 g/mol. The van der Waals surface area contributed by atoms with E-state index in [1.165, 1.54) is 42.5 Å². The van der Waals surface area contributed by atoms with Crippen molar-refractivity contribution in [1.29, 1.82) is 0 Å². The Bertz CT molecular complexity index is 990. The highest BCUT2D eigenvalue weighted by molar-refractivity contribution is 7.92. The summed E-state index contributed by atoms with van der Waals surface area (Å²) in [5.41, 5.74) is -0.320. The van der Waals surface area contributed by atoms with Crippen LogP contribution in [0.3, 0.4) is 0 Å². The van der Waals surface area contributed by atoms with Gasteiger partial charge in [0.2, 0.25) is 5.09 Å². The molecular formula is C14H10FN3O4S. The average Bonchev–Trinajstić information content (AvgIpc) is 3.01. The van der Waals surface area contributed by atoms with E-state index in [0.717, 1.165) is 6.07 Å². The van der Waals surface area contributed by atoms with Gasteiger partial charge in [0.25, 0.3) is 15.6 Å². The maximum atomic E-state index is 13.5. The van der Waals surface area contributed by atoms with Gasteiger partial charge in [0.1, 0.15) is 11.5 Å². The smallest absolute Gasteiger partial charge is 0.295 e. The lowest BCUT2D eigenvalue weighted by atomic mass is 10.3. The van der Waals surface area contributed by atoms with Crippen LogP contribution in [0, 0.1) is 5.82 Å². The summed E-state index contributed by atoms with van der Waals surface area (Å²) in [4.78, 5) is 11.0. The zero-order valence-corrected chi connectivity index (χ0v) is 12.3. The minimum Gasteiger partial charge on any atom is -0.441 e. The van der Waals surface area contributed by atoms with E-state index in [9.17, 15) is 17.6 Å². The lowest BCUT2D eigenvalue weighted by Gasteiger charge is -2.06. The third-order valence-corrected chi connectivity index (χ3v) is 4.13. The van der Waals surface area contributed by atoms with Gasteiger partial charge in [-0.3, -0.25) is 9.52 Å². The molecule has 0 spiro atoms. The Balaban J connectivity index is 1.91. The van der Waals surface area contributed by atoms with Gasteiger partial charge in [0.05, 0.1) is 5.69 Å². The van der Waals surface area contributed by atoms with Crippen LogP contribution >= 0.6 is 0 Å². The van der Waals surface area contributed by atoms with Crippen molar-refractivity contribution in [3.8, 4) is 11.5 Å². The Labute approximate surface area is 129 Å². The molecule has 2 aromatic heterocycles. The Morgan fingerprint density at radius 1 is 1.09 bits per heavy atom. The number of hydrogen-bond acceptors (Lipinski definition) is 5. The molecular weight excluding hydrogens is 325 g/mol. The molecule has 0 aliphatic carbocycles. The largest absolute Gasteiger partial charge is 0.441 e. The van der Waals surface area contributed by atoms with Crippen LogP contribution in [0.2, 0.25) is 0 Å². The van der Waals surface area contributed by atoms with Crippen molar-refractivity contribution in [2.24, 2.45) is 0 Å². The van der Waals surface area contributed by atoms with Crippen molar-refractivity contribution in [3.05, 3.63) is 64.7 Å². The Kier molecular flexibility index (Phi) is 3.70. The number of sulfonamides is 1. The van der Waals surface area contributed by atoms with Crippen molar-refractivity contribution in [3.63, 3.8) is 0 Å². The molecule has 1 aromatic carbocycles. The van der Waals surface area contributed by atoms with E-state index in [1.54, 1.807) is 0 Å². The number of furan rings is 1. The number of rotatable bonds is 4. The molecule has 0 radical (unpaired) electrons. The topological polar surface area (TPSA) is 105 Å². The third-order valence-electron chi connectivity index (χ3n) is 2.90. The van der Waals surface area contributed by atoms with Gasteiger partial charge in [-0.15, -0.1) is 0 Å². The highest BCUT2D eigenvalue weighted by Crippen LogP contribution is 2.24. The third kappa shape index (κ3) is 3.14. The van der Waals surface area contributed by atoms with Crippen molar-refractivity contribution in [2.75, 3.05) is 4.72 Å². The second kappa shape index (κ2) is 5.69. The standard InChI is InChI=1S/C14H10FN3O4S/c15-9-3-1-2-4-10(9)18-23(20,21)14-8-6-12(22-14)11-5-7-13(19)17-16-11/h1-8,18H,(H,17,19). The van der Waals surface area contributed by atoms with Crippen LogP contribution in [-0.2, 0) is 10.0 Å². The van der Waals surface area contributed by atoms with E-state index in [0.29, 0.717) is 0 Å². The van der Waals surface area contributed by atoms with E-state index in [4.69, 9.17) is 4.42 Å². The molecule has 0 bridgehead atoms. The van der Waals surface area contributed by atoms with E-state index in [2.05, 4.69) is 14.9 Å². The number of aromatic amines is 1. The van der Waals surface area contributed by atoms with Crippen molar-refractivity contribution in [2.45, 2.75) is 5.09 Å². The molecule has 2 heterocycles. The molecule has 0 unspecified atom stereocenters.